The molecule has 15 nitrogen and oxygen atoms in total. The lowest BCUT2D eigenvalue weighted by Gasteiger charge is -2.37. The van der Waals surface area contributed by atoms with Crippen molar-refractivity contribution in [2.45, 2.75) is 99.8 Å². The number of benzene rings is 1. The van der Waals surface area contributed by atoms with Gasteiger partial charge in [-0.05, 0) is 44.4 Å². The van der Waals surface area contributed by atoms with E-state index in [9.17, 15) is 41.5 Å². The molecule has 2 aromatic rings. The number of halogens is 2. The molecule has 2 aliphatic heterocycles. The number of nitrogens with two attached hydrogens (primary N) is 1. The van der Waals surface area contributed by atoms with Gasteiger partial charge in [-0.1, -0.05) is 37.3 Å². The molecule has 1 aromatic carbocycles. The van der Waals surface area contributed by atoms with E-state index in [4.69, 9.17) is 10.5 Å². The van der Waals surface area contributed by atoms with E-state index in [2.05, 4.69) is 20.0 Å². The smallest absolute Gasteiger partial charge is 0.287 e. The van der Waals surface area contributed by atoms with Crippen LogP contribution in [0.4, 0.5) is 8.78 Å². The summed E-state index contributed by atoms with van der Waals surface area (Å²) in [6.07, 6.45) is 5.11. The molecule has 4 N–H and O–H groups in total. The number of sulfonamides is 1. The van der Waals surface area contributed by atoms with E-state index in [-0.39, 0.29) is 57.1 Å². The summed E-state index contributed by atoms with van der Waals surface area (Å²) in [7, 11) is -4.74. The third-order valence-electron chi connectivity index (χ3n) is 9.63. The van der Waals surface area contributed by atoms with Gasteiger partial charge >= 0.3 is 0 Å². The van der Waals surface area contributed by atoms with Crippen molar-refractivity contribution in [3.8, 4) is 0 Å². The van der Waals surface area contributed by atoms with Crippen LogP contribution in [-0.4, -0.2) is 94.0 Å². The van der Waals surface area contributed by atoms with Crippen LogP contribution in [-0.2, 0) is 39.5 Å². The molecular weight excluding hydrogens is 680 g/mol. The zero-order chi connectivity index (χ0) is 36.4. The zero-order valence-corrected chi connectivity index (χ0v) is 28.6. The Kier molecular flexibility index (Phi) is 10.8. The number of Topliss-reactive ketones (excluding diaryl/α,β-unsaturated/α-hetero) is 1. The molecular formula is C32H41F2N7O8S. The molecule has 5 rings (SSSR count). The molecule has 1 saturated carbocycles. The van der Waals surface area contributed by atoms with Crippen LogP contribution in [0.5, 0.6) is 0 Å². The number of likely N-dealkylation sites (tertiary alicyclic amines) is 1. The highest BCUT2D eigenvalue weighted by Gasteiger charge is 2.49. The Hall–Kier alpha value is -4.16. The molecule has 0 bridgehead atoms. The Morgan fingerprint density at radius 3 is 2.42 bits per heavy atom. The molecule has 0 unspecified atom stereocenters. The van der Waals surface area contributed by atoms with Crippen molar-refractivity contribution >= 4 is 39.2 Å². The first kappa shape index (κ1) is 37.1. The first-order valence-corrected chi connectivity index (χ1v) is 17.9. The van der Waals surface area contributed by atoms with Crippen LogP contribution in [0.3, 0.4) is 0 Å². The topological polar surface area (TPSA) is 216 Å². The van der Waals surface area contributed by atoms with Crippen LogP contribution in [0.1, 0.15) is 83.4 Å². The first-order valence-electron chi connectivity index (χ1n) is 16.5. The number of rotatable bonds is 11. The predicted octanol–water partition coefficient (Wildman–Crippen LogP) is 1.45. The van der Waals surface area contributed by atoms with Gasteiger partial charge in [0.1, 0.15) is 22.9 Å². The van der Waals surface area contributed by atoms with Crippen LogP contribution in [0, 0.1) is 17.6 Å². The molecule has 50 heavy (non-hydrogen) atoms. The third-order valence-corrected chi connectivity index (χ3v) is 10.9. The second-order valence-corrected chi connectivity index (χ2v) is 15.3. The number of nitrogens with one attached hydrogen (secondary N) is 1. The molecule has 272 valence electrons. The van der Waals surface area contributed by atoms with E-state index in [1.165, 1.54) is 24.7 Å². The minimum Gasteiger partial charge on any atom is -0.384 e. The summed E-state index contributed by atoms with van der Waals surface area (Å²) in [6.45, 7) is 2.89. The third kappa shape index (κ3) is 7.91. The van der Waals surface area contributed by atoms with Crippen molar-refractivity contribution in [1.82, 2.24) is 25.2 Å². The number of carbonyl (C=O) groups is 4. The molecule has 3 heterocycles. The number of carbonyl (C=O) groups excluding carboxylic acids is 4. The fourth-order valence-electron chi connectivity index (χ4n) is 6.93. The van der Waals surface area contributed by atoms with E-state index in [1.54, 1.807) is 0 Å². The zero-order valence-electron chi connectivity index (χ0n) is 27.8. The Bertz CT molecular complexity index is 1780. The number of hydrogen-bond donors (Lipinski definition) is 3. The van der Waals surface area contributed by atoms with Gasteiger partial charge in [0.2, 0.25) is 11.7 Å². The number of amides is 3. The van der Waals surface area contributed by atoms with Gasteiger partial charge in [0.25, 0.3) is 21.8 Å². The Morgan fingerprint density at radius 2 is 1.80 bits per heavy atom. The molecule has 18 heteroatoms. The van der Waals surface area contributed by atoms with Crippen LogP contribution in [0.25, 0.3) is 0 Å². The second kappa shape index (κ2) is 14.6. The van der Waals surface area contributed by atoms with Crippen LogP contribution < -0.4 is 11.1 Å². The Balaban J connectivity index is 1.56. The minimum absolute atomic E-state index is 0.0448. The fraction of sp³-hybridized carbons (Fsp3) is 0.594. The summed E-state index contributed by atoms with van der Waals surface area (Å²) in [5.41, 5.74) is 2.09. The van der Waals surface area contributed by atoms with Crippen molar-refractivity contribution in [2.75, 3.05) is 19.8 Å². The summed E-state index contributed by atoms with van der Waals surface area (Å²) >= 11 is 0. The maximum absolute atomic E-state index is 14.5. The van der Waals surface area contributed by atoms with E-state index in [0.29, 0.717) is 25.0 Å². The summed E-state index contributed by atoms with van der Waals surface area (Å²) in [5, 5.41) is 21.5. The molecule has 1 aliphatic carbocycles. The molecule has 2 atom stereocenters. The lowest BCUT2D eigenvalue weighted by molar-refractivity contribution is -0.146. The van der Waals surface area contributed by atoms with Gasteiger partial charge in [0.05, 0.1) is 22.8 Å². The van der Waals surface area contributed by atoms with Crippen LogP contribution in [0.2, 0.25) is 0 Å². The van der Waals surface area contributed by atoms with Crippen molar-refractivity contribution in [3.63, 3.8) is 0 Å². The Labute approximate surface area is 287 Å². The summed E-state index contributed by atoms with van der Waals surface area (Å²) < 4.78 is 65.3. The number of hydrogen-bond acceptors (Lipinski definition) is 10. The van der Waals surface area contributed by atoms with E-state index in [1.807, 2.05) is 0 Å². The van der Waals surface area contributed by atoms with Crippen molar-refractivity contribution in [3.05, 3.63) is 41.7 Å². The van der Waals surface area contributed by atoms with Crippen molar-refractivity contribution < 1.29 is 46.2 Å². The van der Waals surface area contributed by atoms with E-state index < -0.39 is 79.0 Å². The molecule has 3 amide bonds. The maximum atomic E-state index is 14.5. The number of aliphatic hydroxyl groups is 1. The number of primary amides is 1. The molecule has 0 spiro atoms. The molecule has 3 aliphatic rings. The number of ketones is 1. The molecule has 1 aromatic heterocycles. The summed E-state index contributed by atoms with van der Waals surface area (Å²) in [4.78, 5) is 54.3. The monoisotopic (exact) mass is 721 g/mol. The fourth-order valence-corrected chi connectivity index (χ4v) is 7.97. The Morgan fingerprint density at radius 1 is 1.12 bits per heavy atom. The van der Waals surface area contributed by atoms with Gasteiger partial charge in [-0.15, -0.1) is 5.10 Å². The van der Waals surface area contributed by atoms with Crippen LogP contribution in [0.15, 0.2) is 33.7 Å². The van der Waals surface area contributed by atoms with Gasteiger partial charge in [0, 0.05) is 39.0 Å². The lowest BCUT2D eigenvalue weighted by Crippen LogP contribution is -2.63. The van der Waals surface area contributed by atoms with Gasteiger partial charge in [-0.25, -0.2) is 13.5 Å². The van der Waals surface area contributed by atoms with E-state index >= 15 is 0 Å². The normalized spacial score (nSPS) is 21.9. The first-order chi connectivity index (χ1) is 23.5. The van der Waals surface area contributed by atoms with Gasteiger partial charge in [-0.3, -0.25) is 19.2 Å². The number of ether oxygens (including phenoxy) is 1. The van der Waals surface area contributed by atoms with Gasteiger partial charge < -0.3 is 25.8 Å². The highest BCUT2D eigenvalue weighted by atomic mass is 32.2. The standard InChI is InChI=1S/C32H41F2N7O8S/c1-31(2,46)26-17-36-39-41(26)20-15-25(29(44)37-32(27(42)28(35)43)10-12-49-13-11-32)40(18-20)30(45)24(14-19-6-4-3-5-7-19)38-50(47,48)21-8-9-22(33)23(34)16-21/h8-9,16-17,19-20,25,46H,3-7,10-15,18H2,1-2H3,(H2,35,43)(H,37,44)/t20-,25-/m0/s1. The molecule has 0 radical (unpaired) electrons. The maximum Gasteiger partial charge on any atom is 0.287 e. The summed E-state index contributed by atoms with van der Waals surface area (Å²) in [6, 6.07) is -0.132. The van der Waals surface area contributed by atoms with Crippen LogP contribution >= 0.6 is 0 Å². The average Bonchev–Trinajstić information content (AvgIpc) is 3.74. The molecule has 2 saturated heterocycles. The second-order valence-electron chi connectivity index (χ2n) is 13.7. The molecule has 3 fully saturated rings. The largest absolute Gasteiger partial charge is 0.384 e. The predicted molar refractivity (Wildman–Crippen MR) is 172 cm³/mol. The van der Waals surface area contributed by atoms with E-state index in [0.717, 1.165) is 30.2 Å². The van der Waals surface area contributed by atoms with Gasteiger partial charge in [-0.2, -0.15) is 12.8 Å². The highest BCUT2D eigenvalue weighted by molar-refractivity contribution is 7.90. The SMILES string of the molecule is CC(C)(O)c1cnnn1[C@H]1C[C@@H](C(=O)NC2(C(=O)C(N)=O)CCOCC2)N(C(=O)C(CC2CCCCC2)=NS(=O)(=O)c2ccc(F)c(F)c2)C1. The minimum atomic E-state index is -4.74. The average molecular weight is 722 g/mol. The quantitative estimate of drug-likeness (QED) is 0.224. The van der Waals surface area contributed by atoms with Crippen molar-refractivity contribution in [1.29, 1.82) is 0 Å². The van der Waals surface area contributed by atoms with Crippen molar-refractivity contribution in [2.24, 2.45) is 16.0 Å². The number of aromatic nitrogens is 3. The van der Waals surface area contributed by atoms with Gasteiger partial charge in [0.15, 0.2) is 11.6 Å². The lowest BCUT2D eigenvalue weighted by atomic mass is 9.84. The number of nitrogens with zero attached hydrogens (tertiary/aromatic N) is 5. The summed E-state index contributed by atoms with van der Waals surface area (Å²) in [5.74, 6) is -6.81. The highest BCUT2D eigenvalue weighted by Crippen LogP contribution is 2.34.